The van der Waals surface area contributed by atoms with Gasteiger partial charge < -0.3 is 14.4 Å². The minimum atomic E-state index is -0.758. The molecule has 2 heterocycles. The molecule has 138 valence electrons. The van der Waals surface area contributed by atoms with E-state index < -0.39 is 6.10 Å². The van der Waals surface area contributed by atoms with E-state index in [9.17, 15) is 5.11 Å². The largest absolute Gasteiger partial charge is 0.489 e. The molecular formula is C19H15Cl2N3O2S. The summed E-state index contributed by atoms with van der Waals surface area (Å²) in [7, 11) is 0. The summed E-state index contributed by atoms with van der Waals surface area (Å²) in [4.78, 5) is 9.03. The summed E-state index contributed by atoms with van der Waals surface area (Å²) < 4.78 is 7.62. The molecule has 0 radical (unpaired) electrons. The number of aliphatic hydroxyl groups excluding tert-OH is 1. The summed E-state index contributed by atoms with van der Waals surface area (Å²) in [5, 5.41) is 13.4. The summed E-state index contributed by atoms with van der Waals surface area (Å²) in [5.41, 5.74) is 4.34. The molecule has 0 aliphatic rings. The predicted molar refractivity (Wildman–Crippen MR) is 109 cm³/mol. The van der Waals surface area contributed by atoms with Crippen molar-refractivity contribution < 1.29 is 9.84 Å². The van der Waals surface area contributed by atoms with E-state index >= 15 is 0 Å². The second kappa shape index (κ2) is 7.86. The van der Waals surface area contributed by atoms with Crippen molar-refractivity contribution in [3.8, 4) is 17.3 Å². The molecule has 0 saturated carbocycles. The van der Waals surface area contributed by atoms with Crippen molar-refractivity contribution in [2.75, 3.05) is 6.61 Å². The number of aliphatic hydroxyl groups is 1. The zero-order valence-electron chi connectivity index (χ0n) is 14.0. The Hall–Kier alpha value is -2.12. The van der Waals surface area contributed by atoms with Gasteiger partial charge in [0.2, 0.25) is 0 Å². The number of hydrogen-bond acceptors (Lipinski definition) is 5. The molecule has 0 saturated heterocycles. The van der Waals surface area contributed by atoms with Gasteiger partial charge in [0.25, 0.3) is 0 Å². The van der Waals surface area contributed by atoms with Crippen molar-refractivity contribution in [2.24, 2.45) is 0 Å². The van der Waals surface area contributed by atoms with E-state index in [1.807, 2.05) is 34.2 Å². The van der Waals surface area contributed by atoms with Crippen LogP contribution in [0.3, 0.4) is 0 Å². The maximum absolute atomic E-state index is 10.5. The third-order valence-electron chi connectivity index (χ3n) is 4.03. The molecular weight excluding hydrogens is 405 g/mol. The van der Waals surface area contributed by atoms with Gasteiger partial charge in [-0.1, -0.05) is 35.3 Å². The van der Waals surface area contributed by atoms with Crippen molar-refractivity contribution in [1.29, 1.82) is 0 Å². The van der Waals surface area contributed by atoms with E-state index in [2.05, 4.69) is 9.97 Å². The summed E-state index contributed by atoms with van der Waals surface area (Å²) in [6, 6.07) is 12.8. The molecule has 8 heteroatoms. The lowest BCUT2D eigenvalue weighted by molar-refractivity contribution is 0.0938. The number of rotatable bonds is 6. The molecule has 4 rings (SSSR count). The SMILES string of the molecule is O[C@@H](COc1ccc(Cl)cc1Cl)Cn1c(-c2cscn2)nc2ccccc21. The fourth-order valence-electron chi connectivity index (χ4n) is 2.82. The van der Waals surface area contributed by atoms with Gasteiger partial charge in [-0.25, -0.2) is 9.97 Å². The van der Waals surface area contributed by atoms with Crippen LogP contribution in [0.2, 0.25) is 10.0 Å². The van der Waals surface area contributed by atoms with Crippen molar-refractivity contribution in [2.45, 2.75) is 12.6 Å². The van der Waals surface area contributed by atoms with Crippen LogP contribution >= 0.6 is 34.5 Å². The summed E-state index contributed by atoms with van der Waals surface area (Å²) in [6.07, 6.45) is -0.758. The Labute approximate surface area is 169 Å². The molecule has 0 aliphatic heterocycles. The van der Waals surface area contributed by atoms with Gasteiger partial charge in [-0.15, -0.1) is 11.3 Å². The number of benzene rings is 2. The smallest absolute Gasteiger partial charge is 0.160 e. The molecule has 2 aromatic heterocycles. The molecule has 5 nitrogen and oxygen atoms in total. The highest BCUT2D eigenvalue weighted by molar-refractivity contribution is 7.07. The van der Waals surface area contributed by atoms with Gasteiger partial charge in [-0.05, 0) is 30.3 Å². The van der Waals surface area contributed by atoms with E-state index in [0.29, 0.717) is 22.3 Å². The molecule has 1 atom stereocenters. The summed E-state index contributed by atoms with van der Waals surface area (Å²) in [5.74, 6) is 1.20. The number of hydrogen-bond donors (Lipinski definition) is 1. The molecule has 0 amide bonds. The van der Waals surface area contributed by atoms with Gasteiger partial charge >= 0.3 is 0 Å². The molecule has 1 N–H and O–H groups in total. The lowest BCUT2D eigenvalue weighted by atomic mass is 10.3. The number of thiazole rings is 1. The average Bonchev–Trinajstić information content (AvgIpc) is 3.29. The van der Waals surface area contributed by atoms with Gasteiger partial charge in [0.15, 0.2) is 5.82 Å². The Balaban J connectivity index is 1.56. The maximum Gasteiger partial charge on any atom is 0.160 e. The first kappa shape index (κ1) is 18.3. The average molecular weight is 420 g/mol. The van der Waals surface area contributed by atoms with Crippen LogP contribution in [-0.2, 0) is 6.54 Å². The Morgan fingerprint density at radius 3 is 2.81 bits per heavy atom. The first-order valence-electron chi connectivity index (χ1n) is 8.21. The Morgan fingerprint density at radius 1 is 1.19 bits per heavy atom. The van der Waals surface area contributed by atoms with Crippen LogP contribution < -0.4 is 4.74 Å². The van der Waals surface area contributed by atoms with Crippen LogP contribution in [0.5, 0.6) is 5.75 Å². The van der Waals surface area contributed by atoms with E-state index in [0.717, 1.165) is 22.6 Å². The van der Waals surface area contributed by atoms with Gasteiger partial charge in [0.1, 0.15) is 24.2 Å². The minimum absolute atomic E-state index is 0.0877. The monoisotopic (exact) mass is 419 g/mol. The van der Waals surface area contributed by atoms with Crippen LogP contribution in [0.15, 0.2) is 53.4 Å². The quantitative estimate of drug-likeness (QED) is 0.482. The Bertz CT molecular complexity index is 1070. The third kappa shape index (κ3) is 3.94. The van der Waals surface area contributed by atoms with E-state index in [1.165, 1.54) is 11.3 Å². The zero-order chi connectivity index (χ0) is 18.8. The van der Waals surface area contributed by atoms with Crippen LogP contribution in [-0.4, -0.2) is 32.4 Å². The first-order chi connectivity index (χ1) is 13.1. The zero-order valence-corrected chi connectivity index (χ0v) is 16.4. The number of aromatic nitrogens is 3. The molecule has 0 bridgehead atoms. The lowest BCUT2D eigenvalue weighted by Gasteiger charge is -2.16. The summed E-state index contributed by atoms with van der Waals surface area (Å²) in [6.45, 7) is 0.406. The maximum atomic E-state index is 10.5. The normalized spacial score (nSPS) is 12.4. The molecule has 2 aromatic carbocycles. The minimum Gasteiger partial charge on any atom is -0.489 e. The van der Waals surface area contributed by atoms with Crippen LogP contribution in [0, 0.1) is 0 Å². The van der Waals surface area contributed by atoms with Gasteiger partial charge in [-0.2, -0.15) is 0 Å². The van der Waals surface area contributed by atoms with E-state index in [-0.39, 0.29) is 6.61 Å². The number of para-hydroxylation sites is 2. The highest BCUT2D eigenvalue weighted by atomic mass is 35.5. The second-order valence-corrected chi connectivity index (χ2v) is 7.51. The van der Waals surface area contributed by atoms with Gasteiger partial charge in [0.05, 0.1) is 28.1 Å². The molecule has 0 unspecified atom stereocenters. The second-order valence-electron chi connectivity index (χ2n) is 5.95. The molecule has 0 spiro atoms. The third-order valence-corrected chi connectivity index (χ3v) is 5.15. The van der Waals surface area contributed by atoms with Crippen LogP contribution in [0.25, 0.3) is 22.6 Å². The fourth-order valence-corrected chi connectivity index (χ4v) is 3.81. The standard InChI is InChI=1S/C19H15Cl2N3O2S/c20-12-5-6-18(14(21)7-12)26-9-13(25)8-24-17-4-2-1-3-15(17)23-19(24)16-10-27-11-22-16/h1-7,10-11,13,25H,8-9H2/t13-/m1/s1. The molecule has 0 fully saturated rings. The highest BCUT2D eigenvalue weighted by Gasteiger charge is 2.17. The number of halogens is 2. The van der Waals surface area contributed by atoms with Crippen molar-refractivity contribution in [3.05, 3.63) is 63.4 Å². The number of fused-ring (bicyclic) bond motifs is 1. The van der Waals surface area contributed by atoms with Crippen molar-refractivity contribution in [3.63, 3.8) is 0 Å². The van der Waals surface area contributed by atoms with Crippen LogP contribution in [0.4, 0.5) is 0 Å². The summed E-state index contributed by atoms with van der Waals surface area (Å²) >= 11 is 13.5. The number of nitrogens with zero attached hydrogens (tertiary/aromatic N) is 3. The van der Waals surface area contributed by atoms with Crippen molar-refractivity contribution in [1.82, 2.24) is 14.5 Å². The predicted octanol–water partition coefficient (Wildman–Crippen LogP) is 4.91. The van der Waals surface area contributed by atoms with Gasteiger partial charge in [0, 0.05) is 10.4 Å². The highest BCUT2D eigenvalue weighted by Crippen LogP contribution is 2.28. The number of imidazole rings is 1. The molecule has 27 heavy (non-hydrogen) atoms. The topological polar surface area (TPSA) is 60.2 Å². The van der Waals surface area contributed by atoms with Crippen LogP contribution in [0.1, 0.15) is 0 Å². The Kier molecular flexibility index (Phi) is 5.31. The van der Waals surface area contributed by atoms with Crippen molar-refractivity contribution >= 4 is 45.6 Å². The molecule has 0 aliphatic carbocycles. The lowest BCUT2D eigenvalue weighted by Crippen LogP contribution is -2.24. The number of ether oxygens (including phenoxy) is 1. The van der Waals surface area contributed by atoms with E-state index in [1.54, 1.807) is 23.7 Å². The first-order valence-corrected chi connectivity index (χ1v) is 9.91. The van der Waals surface area contributed by atoms with Gasteiger partial charge in [-0.3, -0.25) is 0 Å². The molecule has 4 aromatic rings. The fraction of sp³-hybridized carbons (Fsp3) is 0.158. The Morgan fingerprint density at radius 2 is 2.04 bits per heavy atom. The van der Waals surface area contributed by atoms with E-state index in [4.69, 9.17) is 27.9 Å².